The number of nitriles is 1. The topological polar surface area (TPSA) is 62.1 Å². The first-order valence-corrected chi connectivity index (χ1v) is 9.52. The molecule has 0 aliphatic heterocycles. The Morgan fingerprint density at radius 2 is 1.96 bits per heavy atom. The van der Waals surface area contributed by atoms with Gasteiger partial charge in [0.05, 0.1) is 5.56 Å². The van der Waals surface area contributed by atoms with E-state index in [1.165, 1.54) is 16.2 Å². The van der Waals surface area contributed by atoms with E-state index in [0.29, 0.717) is 16.3 Å². The fourth-order valence-electron chi connectivity index (χ4n) is 3.34. The van der Waals surface area contributed by atoms with Gasteiger partial charge in [0.25, 0.3) is 5.91 Å². The van der Waals surface area contributed by atoms with Gasteiger partial charge in [0.15, 0.2) is 6.61 Å². The fourth-order valence-corrected chi connectivity index (χ4v) is 4.60. The molecular weight excluding hydrogens is 344 g/mol. The zero-order valence-electron chi connectivity index (χ0n) is 14.2. The summed E-state index contributed by atoms with van der Waals surface area (Å²) in [5, 5.41) is 15.2. The molecule has 0 fully saturated rings. The summed E-state index contributed by atoms with van der Waals surface area (Å²) in [5.41, 5.74) is 1.75. The average Bonchev–Trinajstić information content (AvgIpc) is 3.03. The molecular formula is C21H18N2O2S. The smallest absolute Gasteiger partial charge is 0.262 e. The summed E-state index contributed by atoms with van der Waals surface area (Å²) < 4.78 is 5.63. The summed E-state index contributed by atoms with van der Waals surface area (Å²) >= 11 is 1.53. The quantitative estimate of drug-likeness (QED) is 0.734. The lowest BCUT2D eigenvalue weighted by Crippen LogP contribution is -2.20. The molecule has 1 aromatic heterocycles. The van der Waals surface area contributed by atoms with Crippen molar-refractivity contribution < 1.29 is 9.53 Å². The second-order valence-corrected chi connectivity index (χ2v) is 7.48. The molecule has 26 heavy (non-hydrogen) atoms. The zero-order valence-corrected chi connectivity index (χ0v) is 15.1. The van der Waals surface area contributed by atoms with Crippen LogP contribution in [0, 0.1) is 11.3 Å². The molecule has 5 heteroatoms. The Kier molecular flexibility index (Phi) is 4.59. The molecule has 1 aliphatic carbocycles. The molecule has 0 saturated carbocycles. The van der Waals surface area contributed by atoms with Crippen LogP contribution in [0.3, 0.4) is 0 Å². The molecule has 1 aliphatic rings. The molecule has 4 rings (SSSR count). The molecule has 0 spiro atoms. The van der Waals surface area contributed by atoms with Gasteiger partial charge in [-0.25, -0.2) is 0 Å². The van der Waals surface area contributed by atoms with Gasteiger partial charge in [0, 0.05) is 4.88 Å². The summed E-state index contributed by atoms with van der Waals surface area (Å²) in [7, 11) is 0. The number of ether oxygens (including phenoxy) is 1. The largest absolute Gasteiger partial charge is 0.484 e. The van der Waals surface area contributed by atoms with Crippen molar-refractivity contribution in [3.05, 3.63) is 58.5 Å². The number of rotatable bonds is 4. The van der Waals surface area contributed by atoms with Gasteiger partial charge in [0.2, 0.25) is 0 Å². The van der Waals surface area contributed by atoms with Crippen LogP contribution in [-0.4, -0.2) is 12.5 Å². The Morgan fingerprint density at radius 1 is 1.15 bits per heavy atom. The minimum atomic E-state index is -0.242. The summed E-state index contributed by atoms with van der Waals surface area (Å²) in [5.74, 6) is 0.415. The molecule has 0 radical (unpaired) electrons. The third-order valence-corrected chi connectivity index (χ3v) is 5.83. The van der Waals surface area contributed by atoms with Crippen LogP contribution < -0.4 is 10.1 Å². The number of benzene rings is 2. The molecule has 0 unspecified atom stereocenters. The van der Waals surface area contributed by atoms with Gasteiger partial charge in [-0.1, -0.05) is 30.3 Å². The molecule has 4 nitrogen and oxygen atoms in total. The number of thiophene rings is 1. The van der Waals surface area contributed by atoms with E-state index in [4.69, 9.17) is 4.74 Å². The highest BCUT2D eigenvalue weighted by molar-refractivity contribution is 7.16. The molecule has 1 heterocycles. The second kappa shape index (κ2) is 7.19. The number of nitrogens with one attached hydrogen (secondary N) is 1. The Hall–Kier alpha value is -2.84. The van der Waals surface area contributed by atoms with E-state index in [0.717, 1.165) is 42.0 Å². The fraction of sp³-hybridized carbons (Fsp3) is 0.238. The third-order valence-electron chi connectivity index (χ3n) is 4.63. The summed E-state index contributed by atoms with van der Waals surface area (Å²) in [6.45, 7) is -0.0776. The highest BCUT2D eigenvalue weighted by Gasteiger charge is 2.21. The van der Waals surface area contributed by atoms with Gasteiger partial charge in [-0.05, 0) is 54.2 Å². The molecule has 130 valence electrons. The van der Waals surface area contributed by atoms with E-state index in [1.807, 2.05) is 42.5 Å². The van der Waals surface area contributed by atoms with E-state index >= 15 is 0 Å². The summed E-state index contributed by atoms with van der Waals surface area (Å²) in [4.78, 5) is 13.5. The zero-order chi connectivity index (χ0) is 17.9. The van der Waals surface area contributed by atoms with Crippen molar-refractivity contribution in [1.29, 1.82) is 5.26 Å². The van der Waals surface area contributed by atoms with Gasteiger partial charge in [-0.15, -0.1) is 11.3 Å². The summed E-state index contributed by atoms with van der Waals surface area (Å²) in [6.07, 6.45) is 4.18. The first kappa shape index (κ1) is 16.6. The normalized spacial score (nSPS) is 13.0. The van der Waals surface area contributed by atoms with Crippen molar-refractivity contribution in [1.82, 2.24) is 0 Å². The van der Waals surface area contributed by atoms with Gasteiger partial charge in [-0.3, -0.25) is 4.79 Å². The number of fused-ring (bicyclic) bond motifs is 2. The number of amides is 1. The Labute approximate surface area is 156 Å². The van der Waals surface area contributed by atoms with E-state index in [9.17, 15) is 10.1 Å². The number of aryl methyl sites for hydroxylation is 1. The predicted octanol–water partition coefficient (Wildman–Crippen LogP) is 4.67. The van der Waals surface area contributed by atoms with Crippen LogP contribution in [0.15, 0.2) is 42.5 Å². The lowest BCUT2D eigenvalue weighted by Gasteiger charge is -2.09. The van der Waals surface area contributed by atoms with Crippen molar-refractivity contribution in [2.75, 3.05) is 11.9 Å². The molecule has 1 amide bonds. The number of hydrogen-bond acceptors (Lipinski definition) is 4. The molecule has 0 atom stereocenters. The van der Waals surface area contributed by atoms with Crippen LogP contribution in [0.1, 0.15) is 28.8 Å². The Morgan fingerprint density at radius 3 is 2.81 bits per heavy atom. The van der Waals surface area contributed by atoms with E-state index in [-0.39, 0.29) is 12.5 Å². The average molecular weight is 362 g/mol. The van der Waals surface area contributed by atoms with Crippen LogP contribution in [0.5, 0.6) is 5.75 Å². The van der Waals surface area contributed by atoms with Gasteiger partial charge in [-0.2, -0.15) is 5.26 Å². The van der Waals surface area contributed by atoms with Gasteiger partial charge < -0.3 is 10.1 Å². The molecule has 1 N–H and O–H groups in total. The lowest BCUT2D eigenvalue weighted by molar-refractivity contribution is -0.118. The molecule has 0 saturated heterocycles. The number of carbonyl (C=O) groups is 1. The maximum Gasteiger partial charge on any atom is 0.262 e. The van der Waals surface area contributed by atoms with Crippen LogP contribution in [-0.2, 0) is 17.6 Å². The summed E-state index contributed by atoms with van der Waals surface area (Å²) in [6, 6.07) is 16.0. The van der Waals surface area contributed by atoms with E-state index in [1.54, 1.807) is 0 Å². The number of nitrogens with zero attached hydrogens (tertiary/aromatic N) is 1. The lowest BCUT2D eigenvalue weighted by atomic mass is 9.96. The van der Waals surface area contributed by atoms with E-state index in [2.05, 4.69) is 11.4 Å². The van der Waals surface area contributed by atoms with Crippen LogP contribution >= 0.6 is 11.3 Å². The Balaban J connectivity index is 1.44. The molecule has 0 bridgehead atoms. The molecule has 2 aromatic carbocycles. The van der Waals surface area contributed by atoms with Crippen molar-refractivity contribution in [2.45, 2.75) is 25.7 Å². The minimum absolute atomic E-state index is 0.0776. The number of hydrogen-bond donors (Lipinski definition) is 1. The van der Waals surface area contributed by atoms with Crippen molar-refractivity contribution in [3.8, 4) is 11.8 Å². The standard InChI is InChI=1S/C21H18N2O2S/c22-12-18-17-7-3-4-8-19(17)26-21(18)23-20(24)13-25-16-10-9-14-5-1-2-6-15(14)11-16/h1-2,5-6,9-11H,3-4,7-8,13H2,(H,23,24). The molecule has 3 aromatic rings. The van der Waals surface area contributed by atoms with Crippen LogP contribution in [0.25, 0.3) is 10.8 Å². The first-order chi connectivity index (χ1) is 12.7. The monoisotopic (exact) mass is 362 g/mol. The van der Waals surface area contributed by atoms with Crippen LogP contribution in [0.4, 0.5) is 5.00 Å². The maximum atomic E-state index is 12.3. The van der Waals surface area contributed by atoms with E-state index < -0.39 is 0 Å². The third kappa shape index (κ3) is 3.29. The number of anilines is 1. The SMILES string of the molecule is N#Cc1c(NC(=O)COc2ccc3ccccc3c2)sc2c1CCCC2. The number of carbonyl (C=O) groups excluding carboxylic acids is 1. The van der Waals surface area contributed by atoms with Crippen molar-refractivity contribution >= 4 is 33.0 Å². The highest BCUT2D eigenvalue weighted by Crippen LogP contribution is 2.37. The minimum Gasteiger partial charge on any atom is -0.484 e. The van der Waals surface area contributed by atoms with Crippen molar-refractivity contribution in [3.63, 3.8) is 0 Å². The van der Waals surface area contributed by atoms with Gasteiger partial charge >= 0.3 is 0 Å². The second-order valence-electron chi connectivity index (χ2n) is 6.37. The maximum absolute atomic E-state index is 12.3. The highest BCUT2D eigenvalue weighted by atomic mass is 32.1. The first-order valence-electron chi connectivity index (χ1n) is 8.70. The predicted molar refractivity (Wildman–Crippen MR) is 104 cm³/mol. The Bertz CT molecular complexity index is 1020. The van der Waals surface area contributed by atoms with Crippen LogP contribution in [0.2, 0.25) is 0 Å². The van der Waals surface area contributed by atoms with Crippen molar-refractivity contribution in [2.24, 2.45) is 0 Å². The van der Waals surface area contributed by atoms with Gasteiger partial charge in [0.1, 0.15) is 16.8 Å².